The van der Waals surface area contributed by atoms with Crippen molar-refractivity contribution in [2.75, 3.05) is 43.5 Å². The van der Waals surface area contributed by atoms with Gasteiger partial charge in [-0.2, -0.15) is 4.37 Å². The number of aromatic nitrogens is 2. The molecule has 2 aromatic carbocycles. The van der Waals surface area contributed by atoms with E-state index in [0.717, 1.165) is 48.3 Å². The fraction of sp³-hybridized carbons (Fsp3) is 0.318. The van der Waals surface area contributed by atoms with Crippen molar-refractivity contribution in [2.45, 2.75) is 12.8 Å². The van der Waals surface area contributed by atoms with E-state index in [1.54, 1.807) is 7.11 Å². The molecule has 8 heteroatoms. The molecule has 0 spiro atoms. The number of carbonyl (C=O) groups is 1. The number of nitrogens with one attached hydrogen (secondary N) is 1. The Morgan fingerprint density at radius 1 is 1.07 bits per heavy atom. The summed E-state index contributed by atoms with van der Waals surface area (Å²) >= 11 is 1.43. The van der Waals surface area contributed by atoms with Crippen LogP contribution in [-0.4, -0.2) is 53.6 Å². The van der Waals surface area contributed by atoms with Gasteiger partial charge in [0.2, 0.25) is 5.13 Å². The number of amides is 2. The molecule has 1 aromatic heterocycles. The predicted molar refractivity (Wildman–Crippen MR) is 120 cm³/mol. The molecule has 0 saturated carbocycles. The van der Waals surface area contributed by atoms with Crippen molar-refractivity contribution in [1.29, 1.82) is 0 Å². The molecule has 0 atom stereocenters. The molecule has 0 radical (unpaired) electrons. The number of nitrogens with zero attached hydrogens (tertiary/aromatic N) is 4. The number of hydrogen-bond acceptors (Lipinski definition) is 6. The van der Waals surface area contributed by atoms with Crippen LogP contribution in [0.5, 0.6) is 5.75 Å². The maximum Gasteiger partial charge on any atom is 0.321 e. The van der Waals surface area contributed by atoms with Gasteiger partial charge in [-0.05, 0) is 36.2 Å². The molecule has 0 bridgehead atoms. The zero-order valence-electron chi connectivity index (χ0n) is 17.0. The third kappa shape index (κ3) is 5.07. The second-order valence-corrected chi connectivity index (χ2v) is 7.87. The first-order chi connectivity index (χ1) is 14.7. The summed E-state index contributed by atoms with van der Waals surface area (Å²) in [5.41, 5.74) is 1.97. The molecule has 4 rings (SSSR count). The summed E-state index contributed by atoms with van der Waals surface area (Å²) < 4.78 is 9.68. The highest BCUT2D eigenvalue weighted by atomic mass is 32.1. The molecule has 2 heterocycles. The largest absolute Gasteiger partial charge is 0.497 e. The van der Waals surface area contributed by atoms with Crippen LogP contribution in [0.15, 0.2) is 54.6 Å². The number of rotatable bonds is 5. The number of methoxy groups -OCH3 is 1. The van der Waals surface area contributed by atoms with Gasteiger partial charge >= 0.3 is 6.03 Å². The van der Waals surface area contributed by atoms with Gasteiger partial charge in [-0.25, -0.2) is 9.78 Å². The Balaban J connectivity index is 1.33. The van der Waals surface area contributed by atoms with Gasteiger partial charge in [-0.1, -0.05) is 30.3 Å². The summed E-state index contributed by atoms with van der Waals surface area (Å²) in [5.74, 6) is 1.61. The lowest BCUT2D eigenvalue weighted by atomic mass is 10.1. The molecule has 156 valence electrons. The van der Waals surface area contributed by atoms with E-state index in [-0.39, 0.29) is 6.03 Å². The smallest absolute Gasteiger partial charge is 0.321 e. The molecule has 7 nitrogen and oxygen atoms in total. The van der Waals surface area contributed by atoms with E-state index < -0.39 is 0 Å². The van der Waals surface area contributed by atoms with Crippen LogP contribution in [0.4, 0.5) is 15.6 Å². The van der Waals surface area contributed by atoms with Gasteiger partial charge in [0, 0.05) is 49.8 Å². The minimum atomic E-state index is -0.0796. The third-order valence-electron chi connectivity index (χ3n) is 5.06. The van der Waals surface area contributed by atoms with E-state index in [4.69, 9.17) is 9.72 Å². The molecule has 3 aromatic rings. The van der Waals surface area contributed by atoms with Gasteiger partial charge in [0.1, 0.15) is 11.6 Å². The fourth-order valence-corrected chi connectivity index (χ4v) is 4.15. The van der Waals surface area contributed by atoms with Gasteiger partial charge in [0.25, 0.3) is 0 Å². The zero-order chi connectivity index (χ0) is 20.8. The Morgan fingerprint density at radius 3 is 2.63 bits per heavy atom. The number of ether oxygens (including phenoxy) is 1. The molecule has 1 aliphatic rings. The number of anilines is 2. The Kier molecular flexibility index (Phi) is 6.44. The normalized spacial score (nSPS) is 14.3. The van der Waals surface area contributed by atoms with Crippen molar-refractivity contribution in [1.82, 2.24) is 14.3 Å². The van der Waals surface area contributed by atoms with Crippen molar-refractivity contribution in [3.63, 3.8) is 0 Å². The SMILES string of the molecule is COc1ccc(NC(=O)N2CCCN(c3nc(Cc4ccccc4)ns3)CC2)cc1. The highest BCUT2D eigenvalue weighted by molar-refractivity contribution is 7.09. The number of carbonyl (C=O) groups excluding carboxylic acids is 1. The summed E-state index contributed by atoms with van der Waals surface area (Å²) in [7, 11) is 1.62. The van der Waals surface area contributed by atoms with E-state index in [9.17, 15) is 4.79 Å². The topological polar surface area (TPSA) is 70.6 Å². The van der Waals surface area contributed by atoms with Crippen LogP contribution >= 0.6 is 11.5 Å². The number of benzene rings is 2. The maximum atomic E-state index is 12.7. The van der Waals surface area contributed by atoms with Crippen LogP contribution in [-0.2, 0) is 6.42 Å². The first-order valence-corrected chi connectivity index (χ1v) is 10.8. The Hall–Kier alpha value is -3.13. The lowest BCUT2D eigenvalue weighted by Gasteiger charge is -2.22. The van der Waals surface area contributed by atoms with E-state index in [2.05, 4.69) is 26.7 Å². The van der Waals surface area contributed by atoms with Crippen molar-refractivity contribution < 1.29 is 9.53 Å². The Labute approximate surface area is 180 Å². The fourth-order valence-electron chi connectivity index (χ4n) is 3.41. The first kappa shape index (κ1) is 20.2. The second-order valence-electron chi connectivity index (χ2n) is 7.14. The third-order valence-corrected chi connectivity index (χ3v) is 5.87. The predicted octanol–water partition coefficient (Wildman–Crippen LogP) is 3.88. The van der Waals surface area contributed by atoms with E-state index in [0.29, 0.717) is 13.1 Å². The van der Waals surface area contributed by atoms with Gasteiger partial charge in [-0.15, -0.1) is 0 Å². The minimum Gasteiger partial charge on any atom is -0.497 e. The van der Waals surface area contributed by atoms with Crippen molar-refractivity contribution in [2.24, 2.45) is 0 Å². The summed E-state index contributed by atoms with van der Waals surface area (Å²) in [6.07, 6.45) is 1.63. The van der Waals surface area contributed by atoms with Crippen LogP contribution < -0.4 is 15.0 Å². The van der Waals surface area contributed by atoms with E-state index >= 15 is 0 Å². The van der Waals surface area contributed by atoms with Gasteiger partial charge in [0.05, 0.1) is 7.11 Å². The average Bonchev–Trinajstić information content (AvgIpc) is 3.09. The molecule has 1 saturated heterocycles. The molecular formula is C22H25N5O2S. The summed E-state index contributed by atoms with van der Waals surface area (Å²) in [6.45, 7) is 2.98. The van der Waals surface area contributed by atoms with Crippen molar-refractivity contribution >= 4 is 28.4 Å². The molecule has 2 amide bonds. The monoisotopic (exact) mass is 423 g/mol. The standard InChI is InChI=1S/C22H25N5O2S/c1-29-19-10-8-18(9-11-19)23-21(28)26-12-5-13-27(15-14-26)22-24-20(25-30-22)16-17-6-3-2-4-7-17/h2-4,6-11H,5,12-16H2,1H3,(H,23,28). The summed E-state index contributed by atoms with van der Waals surface area (Å²) in [5, 5.41) is 3.89. The second kappa shape index (κ2) is 9.58. The zero-order valence-corrected chi connectivity index (χ0v) is 17.8. The van der Waals surface area contributed by atoms with Crippen LogP contribution in [0.1, 0.15) is 17.8 Å². The highest BCUT2D eigenvalue weighted by Crippen LogP contribution is 2.21. The molecule has 0 unspecified atom stereocenters. The number of hydrogen-bond donors (Lipinski definition) is 1. The molecule has 30 heavy (non-hydrogen) atoms. The maximum absolute atomic E-state index is 12.7. The van der Waals surface area contributed by atoms with Crippen molar-refractivity contribution in [3.8, 4) is 5.75 Å². The summed E-state index contributed by atoms with van der Waals surface area (Å²) in [4.78, 5) is 21.5. The van der Waals surface area contributed by atoms with Crippen LogP contribution in [0, 0.1) is 0 Å². The molecular weight excluding hydrogens is 398 g/mol. The molecule has 0 aliphatic carbocycles. The Bertz CT molecular complexity index is 961. The van der Waals surface area contributed by atoms with Crippen LogP contribution in [0.25, 0.3) is 0 Å². The Morgan fingerprint density at radius 2 is 1.87 bits per heavy atom. The van der Waals surface area contributed by atoms with Crippen LogP contribution in [0.2, 0.25) is 0 Å². The molecule has 1 aliphatic heterocycles. The number of urea groups is 1. The lowest BCUT2D eigenvalue weighted by molar-refractivity contribution is 0.215. The average molecular weight is 424 g/mol. The lowest BCUT2D eigenvalue weighted by Crippen LogP contribution is -2.38. The van der Waals surface area contributed by atoms with Gasteiger partial charge in [-0.3, -0.25) is 0 Å². The van der Waals surface area contributed by atoms with E-state index in [1.165, 1.54) is 17.1 Å². The minimum absolute atomic E-state index is 0.0796. The van der Waals surface area contributed by atoms with Crippen molar-refractivity contribution in [3.05, 3.63) is 66.0 Å². The highest BCUT2D eigenvalue weighted by Gasteiger charge is 2.21. The van der Waals surface area contributed by atoms with E-state index in [1.807, 2.05) is 47.4 Å². The summed E-state index contributed by atoms with van der Waals surface area (Å²) in [6, 6.07) is 17.5. The van der Waals surface area contributed by atoms with Gasteiger partial charge in [0.15, 0.2) is 0 Å². The quantitative estimate of drug-likeness (QED) is 0.674. The first-order valence-electron chi connectivity index (χ1n) is 10.0. The molecule has 1 N–H and O–H groups in total. The molecule has 1 fully saturated rings. The van der Waals surface area contributed by atoms with Gasteiger partial charge < -0.3 is 19.9 Å². The van der Waals surface area contributed by atoms with Crippen LogP contribution in [0.3, 0.4) is 0 Å².